The molecule has 4 rings (SSSR count). The van der Waals surface area contributed by atoms with Crippen LogP contribution in [-0.4, -0.2) is 41.3 Å². The fourth-order valence-electron chi connectivity index (χ4n) is 4.79. The summed E-state index contributed by atoms with van der Waals surface area (Å²) in [5.41, 5.74) is 1.16. The van der Waals surface area contributed by atoms with Gasteiger partial charge in [-0.3, -0.25) is 9.69 Å². The Morgan fingerprint density at radius 2 is 1.74 bits per heavy atom. The van der Waals surface area contributed by atoms with E-state index >= 15 is 0 Å². The second kappa shape index (κ2) is 9.07. The van der Waals surface area contributed by atoms with E-state index in [0.29, 0.717) is 25.7 Å². The average molecular weight is 435 g/mol. The summed E-state index contributed by atoms with van der Waals surface area (Å²) < 4.78 is 44.8. The Kier molecular flexibility index (Phi) is 6.42. The van der Waals surface area contributed by atoms with Gasteiger partial charge >= 0.3 is 12.1 Å². The summed E-state index contributed by atoms with van der Waals surface area (Å²) in [5.74, 6) is -1.42. The predicted octanol–water partition coefficient (Wildman–Crippen LogP) is 5.64. The number of ether oxygens (including phenoxy) is 1. The fourth-order valence-corrected chi connectivity index (χ4v) is 4.79. The van der Waals surface area contributed by atoms with Crippen LogP contribution in [0.5, 0.6) is 5.75 Å². The number of likely N-dealkylation sites (tertiary alicyclic amines) is 1. The molecule has 1 aliphatic carbocycles. The number of benzene rings is 2. The molecule has 1 N–H and O–H groups in total. The number of carbonyl (C=O) groups is 1. The van der Waals surface area contributed by atoms with Crippen LogP contribution in [0.25, 0.3) is 10.8 Å². The Labute approximate surface area is 180 Å². The summed E-state index contributed by atoms with van der Waals surface area (Å²) in [6.45, 7) is 2.33. The van der Waals surface area contributed by atoms with E-state index in [1.54, 1.807) is 0 Å². The zero-order chi connectivity index (χ0) is 22.0. The first-order valence-electron chi connectivity index (χ1n) is 11.0. The molecule has 168 valence electrons. The van der Waals surface area contributed by atoms with E-state index in [1.807, 2.05) is 24.3 Å². The van der Waals surface area contributed by atoms with Crippen LogP contribution < -0.4 is 4.74 Å². The van der Waals surface area contributed by atoms with Crippen LogP contribution in [0.2, 0.25) is 0 Å². The Morgan fingerprint density at radius 1 is 1.03 bits per heavy atom. The molecular formula is C24H28F3NO3. The first-order chi connectivity index (χ1) is 14.8. The van der Waals surface area contributed by atoms with Gasteiger partial charge in [-0.25, -0.2) is 0 Å². The maximum absolute atomic E-state index is 12.9. The number of hydrogen-bond acceptors (Lipinski definition) is 3. The molecule has 4 nitrogen and oxygen atoms in total. The minimum atomic E-state index is -4.11. The zero-order valence-corrected chi connectivity index (χ0v) is 17.4. The molecule has 7 heteroatoms. The average Bonchev–Trinajstić information content (AvgIpc) is 2.74. The molecule has 1 saturated heterocycles. The number of carboxylic acids is 1. The highest BCUT2D eigenvalue weighted by molar-refractivity contribution is 5.88. The molecule has 31 heavy (non-hydrogen) atoms. The van der Waals surface area contributed by atoms with Gasteiger partial charge in [0.1, 0.15) is 5.75 Å². The first-order valence-corrected chi connectivity index (χ1v) is 11.0. The van der Waals surface area contributed by atoms with Gasteiger partial charge in [0.15, 0.2) is 0 Å². The maximum Gasteiger partial charge on any atom is 0.391 e. The van der Waals surface area contributed by atoms with Gasteiger partial charge < -0.3 is 9.84 Å². The Balaban J connectivity index is 1.39. The van der Waals surface area contributed by atoms with E-state index in [2.05, 4.69) is 17.0 Å². The molecule has 0 amide bonds. The van der Waals surface area contributed by atoms with E-state index in [4.69, 9.17) is 9.84 Å². The van der Waals surface area contributed by atoms with E-state index < -0.39 is 18.1 Å². The van der Waals surface area contributed by atoms with Crippen LogP contribution >= 0.6 is 0 Å². The molecule has 1 heterocycles. The number of alkyl halides is 3. The van der Waals surface area contributed by atoms with Crippen molar-refractivity contribution in [1.82, 2.24) is 4.90 Å². The summed E-state index contributed by atoms with van der Waals surface area (Å²) in [7, 11) is 0. The highest BCUT2D eigenvalue weighted by Gasteiger charge is 2.41. The van der Waals surface area contributed by atoms with Crippen LogP contribution in [0.3, 0.4) is 0 Å². The molecule has 2 aliphatic rings. The molecule has 1 aliphatic heterocycles. The van der Waals surface area contributed by atoms with E-state index in [9.17, 15) is 18.0 Å². The molecule has 2 aromatic rings. The molecule has 0 aromatic heterocycles. The highest BCUT2D eigenvalue weighted by Crippen LogP contribution is 2.39. The van der Waals surface area contributed by atoms with Crippen molar-refractivity contribution in [2.24, 2.45) is 11.8 Å². The second-order valence-corrected chi connectivity index (χ2v) is 8.83. The Morgan fingerprint density at radius 3 is 2.39 bits per heavy atom. The SMILES string of the molecule is O=C(O)C1CCN(Cc2ccc3c(OC4CCC(C(F)(F)F)CC4)cccc3c2)CC1. The third-order valence-corrected chi connectivity index (χ3v) is 6.68. The van der Waals surface area contributed by atoms with Crippen LogP contribution in [-0.2, 0) is 11.3 Å². The summed E-state index contributed by atoms with van der Waals surface area (Å²) in [6, 6.07) is 12.0. The number of carboxylic acid groups (broad SMARTS) is 1. The van der Waals surface area contributed by atoms with Crippen molar-refractivity contribution in [3.63, 3.8) is 0 Å². The van der Waals surface area contributed by atoms with Gasteiger partial charge in [0.05, 0.1) is 17.9 Å². The van der Waals surface area contributed by atoms with Crippen LogP contribution in [0.15, 0.2) is 36.4 Å². The third-order valence-electron chi connectivity index (χ3n) is 6.68. The van der Waals surface area contributed by atoms with Crippen molar-refractivity contribution in [3.05, 3.63) is 42.0 Å². The van der Waals surface area contributed by atoms with Gasteiger partial charge in [-0.05, 0) is 74.7 Å². The minimum Gasteiger partial charge on any atom is -0.490 e. The minimum absolute atomic E-state index is 0.127. The first kappa shape index (κ1) is 21.9. The smallest absolute Gasteiger partial charge is 0.391 e. The normalized spacial score (nSPS) is 23.7. The van der Waals surface area contributed by atoms with Crippen LogP contribution in [0, 0.1) is 11.8 Å². The van der Waals surface area contributed by atoms with Gasteiger partial charge in [0, 0.05) is 11.9 Å². The lowest BCUT2D eigenvalue weighted by Crippen LogP contribution is -2.35. The lowest BCUT2D eigenvalue weighted by Gasteiger charge is -2.30. The molecule has 1 saturated carbocycles. The summed E-state index contributed by atoms with van der Waals surface area (Å²) >= 11 is 0. The van der Waals surface area contributed by atoms with Crippen molar-refractivity contribution in [3.8, 4) is 5.75 Å². The maximum atomic E-state index is 12.9. The number of piperidine rings is 1. The Bertz CT molecular complexity index is 914. The van der Waals surface area contributed by atoms with Crippen molar-refractivity contribution in [1.29, 1.82) is 0 Å². The molecule has 0 radical (unpaired) electrons. The molecule has 0 bridgehead atoms. The lowest BCUT2D eigenvalue weighted by molar-refractivity contribution is -0.185. The summed E-state index contributed by atoms with van der Waals surface area (Å²) in [6.07, 6.45) is -1.84. The van der Waals surface area contributed by atoms with Crippen molar-refractivity contribution in [2.45, 2.75) is 57.3 Å². The zero-order valence-electron chi connectivity index (χ0n) is 17.4. The largest absolute Gasteiger partial charge is 0.490 e. The van der Waals surface area contributed by atoms with E-state index in [-0.39, 0.29) is 24.9 Å². The lowest BCUT2D eigenvalue weighted by atomic mass is 9.87. The number of nitrogens with zero attached hydrogens (tertiary/aromatic N) is 1. The Hall–Kier alpha value is -2.28. The van der Waals surface area contributed by atoms with Crippen LogP contribution in [0.1, 0.15) is 44.1 Å². The molecule has 2 fully saturated rings. The molecule has 0 spiro atoms. The van der Waals surface area contributed by atoms with Crippen molar-refractivity contribution in [2.75, 3.05) is 13.1 Å². The van der Waals surface area contributed by atoms with Gasteiger partial charge in [-0.2, -0.15) is 13.2 Å². The van der Waals surface area contributed by atoms with E-state index in [1.165, 1.54) is 0 Å². The number of halogens is 3. The standard InChI is InChI=1S/C24H28F3NO3/c25-24(26,27)19-5-7-20(8-6-19)31-22-3-1-2-18-14-16(4-9-21(18)22)15-28-12-10-17(11-13-28)23(29)30/h1-4,9,14,17,19-20H,5-8,10-13,15H2,(H,29,30). The van der Waals surface area contributed by atoms with Crippen molar-refractivity contribution < 1.29 is 27.8 Å². The molecule has 0 unspecified atom stereocenters. The van der Waals surface area contributed by atoms with E-state index in [0.717, 1.165) is 41.7 Å². The highest BCUT2D eigenvalue weighted by atomic mass is 19.4. The van der Waals surface area contributed by atoms with Gasteiger partial charge in [-0.1, -0.05) is 24.3 Å². The van der Waals surface area contributed by atoms with Gasteiger partial charge in [0.25, 0.3) is 0 Å². The second-order valence-electron chi connectivity index (χ2n) is 8.83. The number of hydrogen-bond donors (Lipinski definition) is 1. The van der Waals surface area contributed by atoms with Crippen LogP contribution in [0.4, 0.5) is 13.2 Å². The molecule has 2 aromatic carbocycles. The quantitative estimate of drug-likeness (QED) is 0.661. The van der Waals surface area contributed by atoms with Gasteiger partial charge in [0.2, 0.25) is 0 Å². The summed E-state index contributed by atoms with van der Waals surface area (Å²) in [5, 5.41) is 11.2. The van der Waals surface area contributed by atoms with Gasteiger partial charge in [-0.15, -0.1) is 0 Å². The number of aliphatic carboxylic acids is 1. The molecular weight excluding hydrogens is 407 g/mol. The fraction of sp³-hybridized carbons (Fsp3) is 0.542. The third kappa shape index (κ3) is 5.32. The monoisotopic (exact) mass is 435 g/mol. The van der Waals surface area contributed by atoms with Crippen molar-refractivity contribution >= 4 is 16.7 Å². The summed E-state index contributed by atoms with van der Waals surface area (Å²) in [4.78, 5) is 13.4. The predicted molar refractivity (Wildman–Crippen MR) is 112 cm³/mol. The number of fused-ring (bicyclic) bond motifs is 1. The number of rotatable bonds is 5. The topological polar surface area (TPSA) is 49.8 Å². The molecule has 0 atom stereocenters.